The van der Waals surface area contributed by atoms with Crippen molar-refractivity contribution in [2.24, 2.45) is 5.92 Å². The van der Waals surface area contributed by atoms with Gasteiger partial charge in [-0.2, -0.15) is 0 Å². The van der Waals surface area contributed by atoms with Gasteiger partial charge in [-0.25, -0.2) is 4.79 Å². The molecular formula is C15H20O3. The molecule has 3 heteroatoms. The first kappa shape index (κ1) is 14.3. The van der Waals surface area contributed by atoms with Crippen molar-refractivity contribution in [1.82, 2.24) is 0 Å². The lowest BCUT2D eigenvalue weighted by atomic mass is 10.0. The maximum Gasteiger partial charge on any atom is 0.328 e. The molecule has 1 rings (SSSR count). The standard InChI is InChI=1S/C15H20O3/c1-10(2)13(8-15(16)17)9-18-14-6-5-11(3)7-12(14)4/h5-8,10H,9H2,1-4H3,(H,16,17)/b13-8-. The van der Waals surface area contributed by atoms with E-state index < -0.39 is 5.97 Å². The van der Waals surface area contributed by atoms with Gasteiger partial charge >= 0.3 is 5.97 Å². The summed E-state index contributed by atoms with van der Waals surface area (Å²) in [6.45, 7) is 8.24. The Kier molecular flexibility index (Phi) is 4.95. The van der Waals surface area contributed by atoms with E-state index in [4.69, 9.17) is 9.84 Å². The van der Waals surface area contributed by atoms with Crippen molar-refractivity contribution in [3.8, 4) is 5.75 Å². The molecule has 0 heterocycles. The van der Waals surface area contributed by atoms with E-state index in [0.717, 1.165) is 16.9 Å². The van der Waals surface area contributed by atoms with Crippen molar-refractivity contribution >= 4 is 5.97 Å². The third-order valence-electron chi connectivity index (χ3n) is 2.78. The van der Waals surface area contributed by atoms with Gasteiger partial charge in [-0.1, -0.05) is 31.5 Å². The molecule has 1 aromatic rings. The molecule has 0 aromatic heterocycles. The molecule has 0 saturated carbocycles. The molecule has 0 fully saturated rings. The molecule has 1 aromatic carbocycles. The monoisotopic (exact) mass is 248 g/mol. The molecule has 0 saturated heterocycles. The van der Waals surface area contributed by atoms with Crippen LogP contribution in [0.25, 0.3) is 0 Å². The van der Waals surface area contributed by atoms with Crippen LogP contribution in [0.1, 0.15) is 25.0 Å². The van der Waals surface area contributed by atoms with Gasteiger partial charge < -0.3 is 9.84 Å². The van der Waals surface area contributed by atoms with E-state index in [-0.39, 0.29) is 5.92 Å². The number of hydrogen-bond donors (Lipinski definition) is 1. The molecule has 3 nitrogen and oxygen atoms in total. The van der Waals surface area contributed by atoms with Crippen molar-refractivity contribution in [3.05, 3.63) is 41.0 Å². The summed E-state index contributed by atoms with van der Waals surface area (Å²) >= 11 is 0. The van der Waals surface area contributed by atoms with Gasteiger partial charge in [0.1, 0.15) is 12.4 Å². The fourth-order valence-corrected chi connectivity index (χ4v) is 1.66. The second-order valence-electron chi connectivity index (χ2n) is 4.77. The van der Waals surface area contributed by atoms with Crippen LogP contribution in [0.2, 0.25) is 0 Å². The van der Waals surface area contributed by atoms with Crippen LogP contribution in [-0.2, 0) is 4.79 Å². The van der Waals surface area contributed by atoms with Crippen LogP contribution in [0.4, 0.5) is 0 Å². The Balaban J connectivity index is 2.76. The zero-order chi connectivity index (χ0) is 13.7. The summed E-state index contributed by atoms with van der Waals surface area (Å²) in [4.78, 5) is 10.7. The highest BCUT2D eigenvalue weighted by molar-refractivity contribution is 5.80. The lowest BCUT2D eigenvalue weighted by Crippen LogP contribution is -2.09. The topological polar surface area (TPSA) is 46.5 Å². The summed E-state index contributed by atoms with van der Waals surface area (Å²) in [5.74, 6) is 0.0346. The smallest absolute Gasteiger partial charge is 0.328 e. The Bertz CT molecular complexity index is 459. The molecule has 0 unspecified atom stereocenters. The van der Waals surface area contributed by atoms with Gasteiger partial charge in [0.15, 0.2) is 0 Å². The van der Waals surface area contributed by atoms with E-state index >= 15 is 0 Å². The Morgan fingerprint density at radius 1 is 1.39 bits per heavy atom. The molecule has 0 aliphatic rings. The highest BCUT2D eigenvalue weighted by Gasteiger charge is 2.08. The van der Waals surface area contributed by atoms with Crippen molar-refractivity contribution in [2.45, 2.75) is 27.7 Å². The lowest BCUT2D eigenvalue weighted by Gasteiger charge is -2.14. The molecule has 0 amide bonds. The van der Waals surface area contributed by atoms with Crippen molar-refractivity contribution in [2.75, 3.05) is 6.61 Å². The van der Waals surface area contributed by atoms with E-state index in [1.165, 1.54) is 11.6 Å². The number of aryl methyl sites for hydroxylation is 2. The van der Waals surface area contributed by atoms with Crippen LogP contribution < -0.4 is 4.74 Å². The van der Waals surface area contributed by atoms with Crippen LogP contribution in [0, 0.1) is 19.8 Å². The highest BCUT2D eigenvalue weighted by atomic mass is 16.5. The maximum atomic E-state index is 10.7. The molecule has 98 valence electrons. The first-order valence-electron chi connectivity index (χ1n) is 6.03. The average molecular weight is 248 g/mol. The molecule has 18 heavy (non-hydrogen) atoms. The van der Waals surface area contributed by atoms with Crippen LogP contribution in [0.15, 0.2) is 29.8 Å². The predicted octanol–water partition coefficient (Wildman–Crippen LogP) is 3.35. The van der Waals surface area contributed by atoms with E-state index in [0.29, 0.717) is 6.61 Å². The summed E-state index contributed by atoms with van der Waals surface area (Å²) in [5.41, 5.74) is 3.03. The molecule has 0 radical (unpaired) electrons. The summed E-state index contributed by atoms with van der Waals surface area (Å²) in [6.07, 6.45) is 1.23. The van der Waals surface area contributed by atoms with Crippen LogP contribution in [0.3, 0.4) is 0 Å². The van der Waals surface area contributed by atoms with Gasteiger partial charge in [-0.3, -0.25) is 0 Å². The quantitative estimate of drug-likeness (QED) is 0.813. The molecule has 1 N–H and O–H groups in total. The molecule has 0 aliphatic heterocycles. The minimum Gasteiger partial charge on any atom is -0.489 e. The largest absolute Gasteiger partial charge is 0.489 e. The summed E-state index contributed by atoms with van der Waals surface area (Å²) < 4.78 is 5.68. The minimum absolute atomic E-state index is 0.159. The van der Waals surface area contributed by atoms with Gasteiger partial charge in [0.05, 0.1) is 0 Å². The number of carbonyl (C=O) groups is 1. The minimum atomic E-state index is -0.928. The zero-order valence-electron chi connectivity index (χ0n) is 11.4. The van der Waals surface area contributed by atoms with E-state index in [1.54, 1.807) is 0 Å². The van der Waals surface area contributed by atoms with E-state index in [1.807, 2.05) is 45.9 Å². The number of aliphatic carboxylic acids is 1. The fraction of sp³-hybridized carbons (Fsp3) is 0.400. The van der Waals surface area contributed by atoms with E-state index in [2.05, 4.69) is 0 Å². The summed E-state index contributed by atoms with van der Waals surface area (Å²) in [7, 11) is 0. The second-order valence-corrected chi connectivity index (χ2v) is 4.77. The van der Waals surface area contributed by atoms with Gasteiger partial charge in [-0.15, -0.1) is 0 Å². The average Bonchev–Trinajstić information content (AvgIpc) is 2.25. The van der Waals surface area contributed by atoms with Gasteiger partial charge in [-0.05, 0) is 37.0 Å². The number of carboxylic acids is 1. The van der Waals surface area contributed by atoms with Crippen molar-refractivity contribution in [1.29, 1.82) is 0 Å². The third kappa shape index (κ3) is 4.24. The second kappa shape index (κ2) is 6.24. The molecule has 0 bridgehead atoms. The van der Waals surface area contributed by atoms with Crippen molar-refractivity contribution < 1.29 is 14.6 Å². The highest BCUT2D eigenvalue weighted by Crippen LogP contribution is 2.20. The number of ether oxygens (including phenoxy) is 1. The van der Waals surface area contributed by atoms with Gasteiger partial charge in [0, 0.05) is 6.08 Å². The molecular weight excluding hydrogens is 228 g/mol. The number of hydrogen-bond acceptors (Lipinski definition) is 2. The Labute approximate surface area is 108 Å². The molecule has 0 spiro atoms. The first-order valence-corrected chi connectivity index (χ1v) is 6.03. The molecule has 0 aliphatic carbocycles. The Hall–Kier alpha value is -1.77. The number of benzene rings is 1. The van der Waals surface area contributed by atoms with Gasteiger partial charge in [0.25, 0.3) is 0 Å². The normalized spacial score (nSPS) is 11.7. The Morgan fingerprint density at radius 2 is 2.06 bits per heavy atom. The third-order valence-corrected chi connectivity index (χ3v) is 2.78. The number of carboxylic acid groups (broad SMARTS) is 1. The lowest BCUT2D eigenvalue weighted by molar-refractivity contribution is -0.131. The zero-order valence-corrected chi connectivity index (χ0v) is 11.4. The summed E-state index contributed by atoms with van der Waals surface area (Å²) in [6, 6.07) is 5.95. The van der Waals surface area contributed by atoms with Gasteiger partial charge in [0.2, 0.25) is 0 Å². The summed E-state index contributed by atoms with van der Waals surface area (Å²) in [5, 5.41) is 8.79. The van der Waals surface area contributed by atoms with Crippen LogP contribution >= 0.6 is 0 Å². The van der Waals surface area contributed by atoms with E-state index in [9.17, 15) is 4.79 Å². The Morgan fingerprint density at radius 3 is 2.56 bits per heavy atom. The molecule has 0 atom stereocenters. The fourth-order valence-electron chi connectivity index (χ4n) is 1.66. The maximum absolute atomic E-state index is 10.7. The van der Waals surface area contributed by atoms with Crippen molar-refractivity contribution in [3.63, 3.8) is 0 Å². The van der Waals surface area contributed by atoms with Crippen LogP contribution in [-0.4, -0.2) is 17.7 Å². The first-order chi connectivity index (χ1) is 8.40. The van der Waals surface area contributed by atoms with Crippen LogP contribution in [0.5, 0.6) is 5.75 Å². The predicted molar refractivity (Wildman–Crippen MR) is 72.0 cm³/mol. The number of rotatable bonds is 5. The SMILES string of the molecule is Cc1ccc(OC/C(=C/C(=O)O)C(C)C)c(C)c1.